The lowest BCUT2D eigenvalue weighted by atomic mass is 9.78. The van der Waals surface area contributed by atoms with E-state index in [1.165, 1.54) is 12.1 Å². The number of alkyl halides is 3. The number of nitrogens with one attached hydrogen (secondary N) is 1. The lowest BCUT2D eigenvalue weighted by Crippen LogP contribution is -2.47. The molecule has 2 nitrogen and oxygen atoms in total. The molecule has 0 unspecified atom stereocenters. The van der Waals surface area contributed by atoms with E-state index < -0.39 is 17.6 Å². The van der Waals surface area contributed by atoms with Crippen LogP contribution in [0.15, 0.2) is 18.2 Å². The smallest absolute Gasteiger partial charge is 0.314 e. The quantitative estimate of drug-likeness (QED) is 0.819. The number of piperazine rings is 1. The van der Waals surface area contributed by atoms with E-state index in [9.17, 15) is 17.6 Å². The van der Waals surface area contributed by atoms with E-state index in [1.807, 2.05) is 0 Å². The van der Waals surface area contributed by atoms with Crippen LogP contribution < -0.4 is 5.32 Å². The Bertz CT molecular complexity index is 528. The lowest BCUT2D eigenvalue weighted by molar-refractivity contribution is -0.141. The van der Waals surface area contributed by atoms with Crippen LogP contribution >= 0.6 is 0 Å². The third kappa shape index (κ3) is 3.75. The van der Waals surface area contributed by atoms with E-state index in [4.69, 9.17) is 0 Å². The highest BCUT2D eigenvalue weighted by Gasteiger charge is 2.41. The summed E-state index contributed by atoms with van der Waals surface area (Å²) in [5.41, 5.74) is -0.949. The van der Waals surface area contributed by atoms with Crippen molar-refractivity contribution in [1.82, 2.24) is 10.2 Å². The van der Waals surface area contributed by atoms with E-state index in [1.54, 1.807) is 0 Å². The van der Waals surface area contributed by atoms with Gasteiger partial charge in [-0.1, -0.05) is 31.4 Å². The Labute approximate surface area is 140 Å². The minimum absolute atomic E-state index is 0.122. The Kier molecular flexibility index (Phi) is 5.45. The van der Waals surface area contributed by atoms with Crippen LogP contribution in [0.5, 0.6) is 0 Å². The van der Waals surface area contributed by atoms with Crippen LogP contribution in [0.3, 0.4) is 0 Å². The van der Waals surface area contributed by atoms with Gasteiger partial charge in [-0.2, -0.15) is 13.2 Å². The number of rotatable bonds is 3. The molecule has 1 aromatic rings. The average molecular weight is 344 g/mol. The van der Waals surface area contributed by atoms with Gasteiger partial charge < -0.3 is 5.32 Å². The van der Waals surface area contributed by atoms with Crippen molar-refractivity contribution in [3.05, 3.63) is 35.1 Å². The first-order chi connectivity index (χ1) is 11.5. The lowest BCUT2D eigenvalue weighted by Gasteiger charge is -2.42. The first-order valence-electron chi connectivity index (χ1n) is 8.79. The van der Waals surface area contributed by atoms with Gasteiger partial charge in [0.1, 0.15) is 5.82 Å². The summed E-state index contributed by atoms with van der Waals surface area (Å²) in [5, 5.41) is 3.24. The fourth-order valence-electron chi connectivity index (χ4n) is 4.25. The average Bonchev–Trinajstić information content (AvgIpc) is 2.56. The van der Waals surface area contributed by atoms with Crippen LogP contribution in [0.1, 0.15) is 49.3 Å². The molecule has 1 aromatic carbocycles. The summed E-state index contributed by atoms with van der Waals surface area (Å²) in [5.74, 6) is -0.990. The Morgan fingerprint density at radius 3 is 2.33 bits per heavy atom. The van der Waals surface area contributed by atoms with Crippen molar-refractivity contribution in [1.29, 1.82) is 0 Å². The zero-order valence-corrected chi connectivity index (χ0v) is 13.7. The van der Waals surface area contributed by atoms with Gasteiger partial charge in [0.15, 0.2) is 0 Å². The number of hydrogen-bond acceptors (Lipinski definition) is 2. The second kappa shape index (κ2) is 7.40. The molecule has 0 radical (unpaired) electrons. The molecule has 0 bridgehead atoms. The van der Waals surface area contributed by atoms with Crippen LogP contribution in [-0.2, 0) is 6.18 Å². The first-order valence-corrected chi connectivity index (χ1v) is 8.79. The highest BCUT2D eigenvalue weighted by molar-refractivity contribution is 5.34. The second-order valence-corrected chi connectivity index (χ2v) is 6.83. The summed E-state index contributed by atoms with van der Waals surface area (Å²) in [6.07, 6.45) is 0.403. The van der Waals surface area contributed by atoms with Gasteiger partial charge in [-0.05, 0) is 30.4 Å². The Balaban J connectivity index is 2.03. The maximum absolute atomic E-state index is 14.1. The first kappa shape index (κ1) is 17.7. The molecule has 0 aromatic heterocycles. The molecule has 1 heterocycles. The molecule has 1 atom stereocenters. The predicted octanol–water partition coefficient (Wildman–Crippen LogP) is 4.37. The minimum atomic E-state index is -4.67. The predicted molar refractivity (Wildman–Crippen MR) is 85.2 cm³/mol. The molecule has 2 aliphatic rings. The van der Waals surface area contributed by atoms with Crippen molar-refractivity contribution in [3.8, 4) is 0 Å². The van der Waals surface area contributed by atoms with Gasteiger partial charge >= 0.3 is 6.18 Å². The SMILES string of the molecule is Fc1cccc([C@H](C2CCCCC2)N2CCNCC2)c1C(F)(F)F. The molecule has 0 amide bonds. The van der Waals surface area contributed by atoms with Crippen molar-refractivity contribution in [2.24, 2.45) is 5.92 Å². The Morgan fingerprint density at radius 2 is 1.71 bits per heavy atom. The third-order valence-corrected chi connectivity index (χ3v) is 5.29. The highest BCUT2D eigenvalue weighted by atomic mass is 19.4. The van der Waals surface area contributed by atoms with Gasteiger partial charge in [-0.25, -0.2) is 4.39 Å². The molecule has 1 aliphatic carbocycles. The monoisotopic (exact) mass is 344 g/mol. The Hall–Kier alpha value is -1.14. The summed E-state index contributed by atoms with van der Waals surface area (Å²) >= 11 is 0. The molecule has 2 fully saturated rings. The van der Waals surface area contributed by atoms with E-state index in [0.717, 1.165) is 51.3 Å². The maximum atomic E-state index is 14.1. The fourth-order valence-corrected chi connectivity index (χ4v) is 4.25. The van der Waals surface area contributed by atoms with Crippen LogP contribution in [0.2, 0.25) is 0 Å². The summed E-state index contributed by atoms with van der Waals surface area (Å²) in [7, 11) is 0. The largest absolute Gasteiger partial charge is 0.419 e. The van der Waals surface area contributed by atoms with E-state index in [2.05, 4.69) is 10.2 Å². The summed E-state index contributed by atoms with van der Waals surface area (Å²) in [6, 6.07) is 3.47. The molecule has 1 saturated carbocycles. The number of halogens is 4. The topological polar surface area (TPSA) is 15.3 Å². The maximum Gasteiger partial charge on any atom is 0.419 e. The molecule has 1 aliphatic heterocycles. The van der Waals surface area contributed by atoms with Crippen molar-refractivity contribution < 1.29 is 17.6 Å². The van der Waals surface area contributed by atoms with Gasteiger partial charge in [0.25, 0.3) is 0 Å². The molecule has 134 valence electrons. The van der Waals surface area contributed by atoms with Crippen molar-refractivity contribution >= 4 is 0 Å². The Morgan fingerprint density at radius 1 is 1.04 bits per heavy atom. The van der Waals surface area contributed by atoms with Crippen LogP contribution in [-0.4, -0.2) is 31.1 Å². The summed E-state index contributed by atoms with van der Waals surface area (Å²) in [4.78, 5) is 2.12. The van der Waals surface area contributed by atoms with Crippen molar-refractivity contribution in [2.45, 2.75) is 44.3 Å². The van der Waals surface area contributed by atoms with Crippen molar-refractivity contribution in [3.63, 3.8) is 0 Å². The fraction of sp³-hybridized carbons (Fsp3) is 0.667. The molecule has 6 heteroatoms. The van der Waals surface area contributed by atoms with E-state index in [-0.39, 0.29) is 17.5 Å². The van der Waals surface area contributed by atoms with Crippen LogP contribution in [0, 0.1) is 11.7 Å². The van der Waals surface area contributed by atoms with Crippen LogP contribution in [0.4, 0.5) is 17.6 Å². The molecule has 0 spiro atoms. The molecule has 1 saturated heterocycles. The molecule has 24 heavy (non-hydrogen) atoms. The molecule has 1 N–H and O–H groups in total. The number of hydrogen-bond donors (Lipinski definition) is 1. The zero-order chi connectivity index (χ0) is 17.2. The van der Waals surface area contributed by atoms with Gasteiger partial charge in [0, 0.05) is 32.2 Å². The van der Waals surface area contributed by atoms with Crippen LogP contribution in [0.25, 0.3) is 0 Å². The normalized spacial score (nSPS) is 22.5. The second-order valence-electron chi connectivity index (χ2n) is 6.83. The van der Waals surface area contributed by atoms with Gasteiger partial charge in [0.05, 0.1) is 5.56 Å². The summed E-state index contributed by atoms with van der Waals surface area (Å²) < 4.78 is 54.7. The standard InChI is InChI=1S/C18H24F4N2/c19-15-8-4-7-14(16(15)18(20,21)22)17(13-5-2-1-3-6-13)24-11-9-23-10-12-24/h4,7-8,13,17,23H,1-3,5-6,9-12H2/t17-/m0/s1. The number of benzene rings is 1. The van der Waals surface area contributed by atoms with Gasteiger partial charge in [-0.15, -0.1) is 0 Å². The van der Waals surface area contributed by atoms with Gasteiger partial charge in [0.2, 0.25) is 0 Å². The van der Waals surface area contributed by atoms with Crippen molar-refractivity contribution in [2.75, 3.05) is 26.2 Å². The number of nitrogens with zero attached hydrogens (tertiary/aromatic N) is 1. The van der Waals surface area contributed by atoms with Gasteiger partial charge in [-0.3, -0.25) is 4.90 Å². The summed E-state index contributed by atoms with van der Waals surface area (Å²) in [6.45, 7) is 2.93. The van der Waals surface area contributed by atoms with E-state index in [0.29, 0.717) is 13.1 Å². The molecular formula is C18H24F4N2. The zero-order valence-electron chi connectivity index (χ0n) is 13.7. The molecular weight excluding hydrogens is 320 g/mol. The minimum Gasteiger partial charge on any atom is -0.314 e. The molecule has 3 rings (SSSR count). The van der Waals surface area contributed by atoms with E-state index >= 15 is 0 Å². The third-order valence-electron chi connectivity index (χ3n) is 5.29. The highest BCUT2D eigenvalue weighted by Crippen LogP contribution is 2.44.